The number of carbonyl (C=O) groups is 1. The van der Waals surface area contributed by atoms with Gasteiger partial charge in [-0.3, -0.25) is 9.79 Å². The summed E-state index contributed by atoms with van der Waals surface area (Å²) in [5, 5.41) is 9.24. The van der Waals surface area contributed by atoms with E-state index in [1.807, 2.05) is 32.9 Å². The SMILES string of the molecule is CCNC(=NCCCOCc1ccco1)NCCNC(=O)C(C)C. The number of furan rings is 1. The van der Waals surface area contributed by atoms with Crippen molar-refractivity contribution >= 4 is 11.9 Å². The van der Waals surface area contributed by atoms with Gasteiger partial charge in [0.2, 0.25) is 5.91 Å². The van der Waals surface area contributed by atoms with Crippen molar-refractivity contribution in [3.63, 3.8) is 0 Å². The average Bonchev–Trinajstić information content (AvgIpc) is 3.07. The summed E-state index contributed by atoms with van der Waals surface area (Å²) in [6, 6.07) is 3.74. The quantitative estimate of drug-likeness (QED) is 0.323. The molecule has 0 radical (unpaired) electrons. The van der Waals surface area contributed by atoms with Crippen LogP contribution in [0.15, 0.2) is 27.8 Å². The second kappa shape index (κ2) is 12.4. The Morgan fingerprint density at radius 1 is 1.29 bits per heavy atom. The molecule has 0 saturated carbocycles. The Hall–Kier alpha value is -2.02. The number of rotatable bonds is 11. The predicted molar refractivity (Wildman–Crippen MR) is 94.8 cm³/mol. The standard InChI is InChI=1S/C17H30N4O3/c1-4-18-17(21-10-9-19-16(22)14(2)3)20-8-6-11-23-13-15-7-5-12-24-15/h5,7,12,14H,4,6,8-11,13H2,1-3H3,(H,19,22)(H2,18,20,21). The molecule has 1 aromatic heterocycles. The van der Waals surface area contributed by atoms with Gasteiger partial charge >= 0.3 is 0 Å². The second-order valence-electron chi connectivity index (χ2n) is 5.62. The molecule has 0 bridgehead atoms. The lowest BCUT2D eigenvalue weighted by molar-refractivity contribution is -0.123. The summed E-state index contributed by atoms with van der Waals surface area (Å²) in [7, 11) is 0. The van der Waals surface area contributed by atoms with E-state index in [-0.39, 0.29) is 11.8 Å². The second-order valence-corrected chi connectivity index (χ2v) is 5.62. The van der Waals surface area contributed by atoms with Crippen LogP contribution in [0.2, 0.25) is 0 Å². The van der Waals surface area contributed by atoms with Gasteiger partial charge in [-0.1, -0.05) is 13.8 Å². The highest BCUT2D eigenvalue weighted by Crippen LogP contribution is 2.01. The molecule has 24 heavy (non-hydrogen) atoms. The first-order valence-electron chi connectivity index (χ1n) is 8.53. The van der Waals surface area contributed by atoms with E-state index in [4.69, 9.17) is 9.15 Å². The molecule has 1 amide bonds. The normalized spacial score (nSPS) is 11.6. The number of hydrogen-bond donors (Lipinski definition) is 3. The van der Waals surface area contributed by atoms with Gasteiger partial charge in [-0.15, -0.1) is 0 Å². The number of aliphatic imine (C=N–C) groups is 1. The van der Waals surface area contributed by atoms with E-state index in [0.29, 0.717) is 32.8 Å². The molecule has 0 fully saturated rings. The highest BCUT2D eigenvalue weighted by atomic mass is 16.5. The zero-order valence-electron chi connectivity index (χ0n) is 14.9. The summed E-state index contributed by atoms with van der Waals surface area (Å²) in [4.78, 5) is 15.9. The molecule has 1 heterocycles. The molecular formula is C17H30N4O3. The van der Waals surface area contributed by atoms with Gasteiger partial charge in [0.25, 0.3) is 0 Å². The molecule has 3 N–H and O–H groups in total. The van der Waals surface area contributed by atoms with E-state index in [1.165, 1.54) is 0 Å². The number of nitrogens with zero attached hydrogens (tertiary/aromatic N) is 1. The number of guanidine groups is 1. The molecule has 0 aromatic carbocycles. The third kappa shape index (κ3) is 9.19. The highest BCUT2D eigenvalue weighted by Gasteiger charge is 2.05. The fraction of sp³-hybridized carbons (Fsp3) is 0.647. The van der Waals surface area contributed by atoms with Crippen molar-refractivity contribution in [2.24, 2.45) is 10.9 Å². The largest absolute Gasteiger partial charge is 0.467 e. The first-order chi connectivity index (χ1) is 11.6. The van der Waals surface area contributed by atoms with Crippen LogP contribution in [0.5, 0.6) is 0 Å². The minimum atomic E-state index is 0.00748. The van der Waals surface area contributed by atoms with Gasteiger partial charge in [0, 0.05) is 38.7 Å². The van der Waals surface area contributed by atoms with E-state index in [9.17, 15) is 4.79 Å². The number of nitrogens with one attached hydrogen (secondary N) is 3. The highest BCUT2D eigenvalue weighted by molar-refractivity contribution is 5.80. The van der Waals surface area contributed by atoms with Gasteiger partial charge in [0.1, 0.15) is 12.4 Å². The number of amides is 1. The van der Waals surface area contributed by atoms with Crippen LogP contribution in [-0.4, -0.2) is 44.7 Å². The Balaban J connectivity index is 2.13. The Bertz CT molecular complexity index is 472. The maximum atomic E-state index is 11.5. The van der Waals surface area contributed by atoms with Gasteiger partial charge in [0.15, 0.2) is 5.96 Å². The van der Waals surface area contributed by atoms with E-state index in [1.54, 1.807) is 6.26 Å². The molecule has 0 atom stereocenters. The van der Waals surface area contributed by atoms with Crippen molar-refractivity contribution in [1.82, 2.24) is 16.0 Å². The van der Waals surface area contributed by atoms with Gasteiger partial charge < -0.3 is 25.1 Å². The van der Waals surface area contributed by atoms with Crippen LogP contribution in [0.4, 0.5) is 0 Å². The zero-order valence-corrected chi connectivity index (χ0v) is 14.9. The minimum absolute atomic E-state index is 0.00748. The van der Waals surface area contributed by atoms with Crippen molar-refractivity contribution < 1.29 is 13.9 Å². The molecule has 136 valence electrons. The third-order valence-corrected chi connectivity index (χ3v) is 3.13. The maximum absolute atomic E-state index is 11.5. The Labute approximate surface area is 144 Å². The molecule has 0 aliphatic carbocycles. The average molecular weight is 338 g/mol. The van der Waals surface area contributed by atoms with Crippen molar-refractivity contribution in [3.05, 3.63) is 24.2 Å². The molecule has 0 aliphatic heterocycles. The van der Waals surface area contributed by atoms with Gasteiger partial charge in [-0.25, -0.2) is 0 Å². The lowest BCUT2D eigenvalue weighted by Crippen LogP contribution is -2.42. The molecule has 0 aliphatic rings. The van der Waals surface area contributed by atoms with Crippen LogP contribution in [0.1, 0.15) is 33.0 Å². The van der Waals surface area contributed by atoms with Gasteiger partial charge in [0.05, 0.1) is 6.26 Å². The number of carbonyl (C=O) groups excluding carboxylic acids is 1. The fourth-order valence-corrected chi connectivity index (χ4v) is 1.84. The van der Waals surface area contributed by atoms with Crippen LogP contribution in [-0.2, 0) is 16.1 Å². The molecule has 1 aromatic rings. The molecule has 0 saturated heterocycles. The predicted octanol–water partition coefficient (Wildman–Crippen LogP) is 1.51. The summed E-state index contributed by atoms with van der Waals surface area (Å²) in [6.45, 7) is 9.57. The van der Waals surface area contributed by atoms with Crippen LogP contribution in [0.3, 0.4) is 0 Å². The summed E-state index contributed by atoms with van der Waals surface area (Å²) in [6.07, 6.45) is 2.47. The van der Waals surface area contributed by atoms with Gasteiger partial charge in [-0.05, 0) is 25.5 Å². The first-order valence-corrected chi connectivity index (χ1v) is 8.53. The lowest BCUT2D eigenvalue weighted by Gasteiger charge is -2.12. The van der Waals surface area contributed by atoms with Crippen molar-refractivity contribution in [3.8, 4) is 0 Å². The molecule has 0 unspecified atom stereocenters. The summed E-state index contributed by atoms with van der Waals surface area (Å²) in [5.41, 5.74) is 0. The van der Waals surface area contributed by atoms with Crippen LogP contribution in [0.25, 0.3) is 0 Å². The Morgan fingerprint density at radius 3 is 2.75 bits per heavy atom. The Kier molecular flexibility index (Phi) is 10.4. The zero-order chi connectivity index (χ0) is 17.6. The third-order valence-electron chi connectivity index (χ3n) is 3.13. The lowest BCUT2D eigenvalue weighted by atomic mass is 10.2. The van der Waals surface area contributed by atoms with E-state index in [0.717, 1.165) is 24.7 Å². The summed E-state index contributed by atoms with van der Waals surface area (Å²) < 4.78 is 10.7. The maximum Gasteiger partial charge on any atom is 0.222 e. The van der Waals surface area contributed by atoms with Crippen molar-refractivity contribution in [2.75, 3.05) is 32.8 Å². The van der Waals surface area contributed by atoms with Crippen LogP contribution < -0.4 is 16.0 Å². The van der Waals surface area contributed by atoms with Crippen LogP contribution in [0, 0.1) is 5.92 Å². The van der Waals surface area contributed by atoms with E-state index in [2.05, 4.69) is 20.9 Å². The van der Waals surface area contributed by atoms with Crippen LogP contribution >= 0.6 is 0 Å². The summed E-state index contributed by atoms with van der Waals surface area (Å²) in [5.74, 6) is 1.65. The molecular weight excluding hydrogens is 308 g/mol. The first kappa shape index (κ1) is 20.0. The molecule has 1 rings (SSSR count). The van der Waals surface area contributed by atoms with Crippen molar-refractivity contribution in [1.29, 1.82) is 0 Å². The monoisotopic (exact) mass is 338 g/mol. The van der Waals surface area contributed by atoms with E-state index >= 15 is 0 Å². The number of ether oxygens (including phenoxy) is 1. The molecule has 7 nitrogen and oxygen atoms in total. The van der Waals surface area contributed by atoms with Gasteiger partial charge in [-0.2, -0.15) is 0 Å². The molecule has 0 spiro atoms. The topological polar surface area (TPSA) is 87.9 Å². The molecule has 7 heteroatoms. The Morgan fingerprint density at radius 2 is 2.08 bits per heavy atom. The van der Waals surface area contributed by atoms with E-state index < -0.39 is 0 Å². The van der Waals surface area contributed by atoms with Crippen molar-refractivity contribution in [2.45, 2.75) is 33.8 Å². The summed E-state index contributed by atoms with van der Waals surface area (Å²) >= 11 is 0. The fourth-order valence-electron chi connectivity index (χ4n) is 1.84. The smallest absolute Gasteiger partial charge is 0.222 e. The minimum Gasteiger partial charge on any atom is -0.467 e. The number of hydrogen-bond acceptors (Lipinski definition) is 4.